The number of benzene rings is 1. The third-order valence-electron chi connectivity index (χ3n) is 3.59. The largest absolute Gasteiger partial charge is 0.467 e. The molecular formula is C14H17N5O3. The van der Waals surface area contributed by atoms with Crippen LogP contribution in [0.3, 0.4) is 0 Å². The summed E-state index contributed by atoms with van der Waals surface area (Å²) in [5.41, 5.74) is 12.2. The molecule has 0 radical (unpaired) electrons. The van der Waals surface area contributed by atoms with E-state index in [1.807, 2.05) is 11.0 Å². The lowest BCUT2D eigenvalue weighted by molar-refractivity contribution is 0.117. The predicted molar refractivity (Wildman–Crippen MR) is 81.8 cm³/mol. The highest BCUT2D eigenvalue weighted by Gasteiger charge is 2.27. The van der Waals surface area contributed by atoms with Gasteiger partial charge in [0.15, 0.2) is 0 Å². The molecule has 22 heavy (non-hydrogen) atoms. The number of ether oxygens (including phenoxy) is 2. The number of carbonyl (C=O) groups excluding carboxylic acids is 1. The fourth-order valence-electron chi connectivity index (χ4n) is 2.62. The molecule has 0 bridgehead atoms. The second-order valence-electron chi connectivity index (χ2n) is 5.10. The van der Waals surface area contributed by atoms with Crippen molar-refractivity contribution in [2.24, 2.45) is 5.73 Å². The molecule has 1 aromatic carbocycles. The maximum absolute atomic E-state index is 10.9. The van der Waals surface area contributed by atoms with Gasteiger partial charge >= 0.3 is 12.1 Å². The molecule has 0 aliphatic carbocycles. The highest BCUT2D eigenvalue weighted by molar-refractivity contribution is 5.91. The van der Waals surface area contributed by atoms with Gasteiger partial charge in [0.05, 0.1) is 19.2 Å². The Labute approximate surface area is 127 Å². The Bertz CT molecular complexity index is 721. The lowest BCUT2D eigenvalue weighted by Crippen LogP contribution is -2.27. The third kappa shape index (κ3) is 2.67. The van der Waals surface area contributed by atoms with Crippen molar-refractivity contribution in [3.63, 3.8) is 0 Å². The van der Waals surface area contributed by atoms with E-state index in [1.165, 1.54) is 7.11 Å². The zero-order chi connectivity index (χ0) is 15.7. The number of hydrogen-bond acceptors (Lipinski definition) is 7. The molecule has 116 valence electrons. The van der Waals surface area contributed by atoms with Crippen molar-refractivity contribution in [1.82, 2.24) is 9.97 Å². The molecule has 1 atom stereocenters. The number of nitrogens with two attached hydrogens (primary N) is 2. The molecule has 1 aliphatic rings. The standard InChI is InChI=1S/C14H17N5O3/c1-21-14-17-11-6-8(15)2-3-10(11)12(18-14)19-5-4-9(7-19)22-13(16)20/h2-3,6,9H,4-5,7,15H2,1H3,(H2,16,20). The highest BCUT2D eigenvalue weighted by atomic mass is 16.6. The molecule has 0 saturated carbocycles. The Hall–Kier alpha value is -2.77. The molecule has 1 amide bonds. The number of rotatable bonds is 3. The van der Waals surface area contributed by atoms with Gasteiger partial charge in [-0.05, 0) is 18.2 Å². The van der Waals surface area contributed by atoms with E-state index in [1.54, 1.807) is 12.1 Å². The minimum Gasteiger partial charge on any atom is -0.467 e. The first-order chi connectivity index (χ1) is 10.6. The van der Waals surface area contributed by atoms with E-state index in [-0.39, 0.29) is 12.1 Å². The van der Waals surface area contributed by atoms with E-state index in [0.717, 1.165) is 11.2 Å². The van der Waals surface area contributed by atoms with Gasteiger partial charge in [0.1, 0.15) is 11.9 Å². The number of methoxy groups -OCH3 is 1. The van der Waals surface area contributed by atoms with Gasteiger partial charge in [-0.1, -0.05) is 0 Å². The maximum atomic E-state index is 10.9. The van der Waals surface area contributed by atoms with Crippen molar-refractivity contribution in [1.29, 1.82) is 0 Å². The number of aromatic nitrogens is 2. The molecule has 2 aromatic rings. The lowest BCUT2D eigenvalue weighted by Gasteiger charge is -2.19. The summed E-state index contributed by atoms with van der Waals surface area (Å²) in [5, 5.41) is 0.870. The average Bonchev–Trinajstić information content (AvgIpc) is 2.93. The van der Waals surface area contributed by atoms with Gasteiger partial charge in [-0.3, -0.25) is 0 Å². The molecule has 1 saturated heterocycles. The van der Waals surface area contributed by atoms with Crippen molar-refractivity contribution < 1.29 is 14.3 Å². The van der Waals surface area contributed by atoms with Crippen molar-refractivity contribution >= 4 is 28.5 Å². The fraction of sp³-hybridized carbons (Fsp3) is 0.357. The van der Waals surface area contributed by atoms with Crippen LogP contribution in [0.15, 0.2) is 18.2 Å². The zero-order valence-electron chi connectivity index (χ0n) is 12.2. The van der Waals surface area contributed by atoms with E-state index in [0.29, 0.717) is 30.7 Å². The van der Waals surface area contributed by atoms with Crippen LogP contribution in [-0.2, 0) is 4.74 Å². The van der Waals surface area contributed by atoms with E-state index in [9.17, 15) is 4.79 Å². The molecule has 1 aromatic heterocycles. The number of fused-ring (bicyclic) bond motifs is 1. The number of nitrogen functional groups attached to an aromatic ring is 1. The second kappa shape index (κ2) is 5.55. The summed E-state index contributed by atoms with van der Waals surface area (Å²) < 4.78 is 10.2. The van der Waals surface area contributed by atoms with Crippen LogP contribution in [0.1, 0.15) is 6.42 Å². The molecule has 1 unspecified atom stereocenters. The Balaban J connectivity index is 1.97. The van der Waals surface area contributed by atoms with E-state index in [2.05, 4.69) is 9.97 Å². The van der Waals surface area contributed by atoms with Crippen LogP contribution in [0.5, 0.6) is 6.01 Å². The number of anilines is 2. The summed E-state index contributed by atoms with van der Waals surface area (Å²) in [5.74, 6) is 0.734. The van der Waals surface area contributed by atoms with Crippen molar-refractivity contribution in [3.05, 3.63) is 18.2 Å². The summed E-state index contributed by atoms with van der Waals surface area (Å²) in [6, 6.07) is 5.72. The highest BCUT2D eigenvalue weighted by Crippen LogP contribution is 2.30. The summed E-state index contributed by atoms with van der Waals surface area (Å²) in [6.07, 6.45) is -0.293. The first-order valence-corrected chi connectivity index (χ1v) is 6.89. The minimum absolute atomic E-state index is 0.234. The summed E-state index contributed by atoms with van der Waals surface area (Å²) >= 11 is 0. The Morgan fingerprint density at radius 1 is 1.41 bits per heavy atom. The van der Waals surface area contributed by atoms with Gasteiger partial charge < -0.3 is 25.8 Å². The van der Waals surface area contributed by atoms with Crippen LogP contribution < -0.4 is 21.1 Å². The Morgan fingerprint density at radius 3 is 2.95 bits per heavy atom. The SMILES string of the molecule is COc1nc(N2CCC(OC(N)=O)C2)c2ccc(N)cc2n1. The van der Waals surface area contributed by atoms with E-state index < -0.39 is 6.09 Å². The number of hydrogen-bond donors (Lipinski definition) is 2. The Kier molecular flexibility index (Phi) is 3.58. The van der Waals surface area contributed by atoms with E-state index in [4.69, 9.17) is 20.9 Å². The van der Waals surface area contributed by atoms with Crippen molar-refractivity contribution in [2.45, 2.75) is 12.5 Å². The summed E-state index contributed by atoms with van der Waals surface area (Å²) in [7, 11) is 1.51. The molecule has 2 heterocycles. The van der Waals surface area contributed by atoms with Crippen molar-refractivity contribution in [3.8, 4) is 6.01 Å². The van der Waals surface area contributed by atoms with Crippen LogP contribution >= 0.6 is 0 Å². The van der Waals surface area contributed by atoms with Gasteiger partial charge in [-0.15, -0.1) is 0 Å². The monoisotopic (exact) mass is 303 g/mol. The average molecular weight is 303 g/mol. The van der Waals surface area contributed by atoms with Gasteiger partial charge in [-0.25, -0.2) is 4.79 Å². The number of nitrogens with zero attached hydrogens (tertiary/aromatic N) is 3. The molecule has 8 heteroatoms. The van der Waals surface area contributed by atoms with Gasteiger partial charge in [0, 0.05) is 24.0 Å². The van der Waals surface area contributed by atoms with Crippen LogP contribution in [0.2, 0.25) is 0 Å². The third-order valence-corrected chi connectivity index (χ3v) is 3.59. The van der Waals surface area contributed by atoms with Crippen LogP contribution in [0, 0.1) is 0 Å². The van der Waals surface area contributed by atoms with Crippen molar-refractivity contribution in [2.75, 3.05) is 30.8 Å². The molecule has 1 fully saturated rings. The summed E-state index contributed by atoms with van der Waals surface area (Å²) in [6.45, 7) is 1.24. The minimum atomic E-state index is -0.759. The quantitative estimate of drug-likeness (QED) is 0.809. The number of amides is 1. The summed E-state index contributed by atoms with van der Waals surface area (Å²) in [4.78, 5) is 21.6. The number of carbonyl (C=O) groups is 1. The predicted octanol–water partition coefficient (Wildman–Crippen LogP) is 0.895. The van der Waals surface area contributed by atoms with Gasteiger partial charge in [0.25, 0.3) is 0 Å². The lowest BCUT2D eigenvalue weighted by atomic mass is 10.2. The molecule has 0 spiro atoms. The smallest absolute Gasteiger partial charge is 0.404 e. The van der Waals surface area contributed by atoms with Gasteiger partial charge in [0.2, 0.25) is 0 Å². The fourth-order valence-corrected chi connectivity index (χ4v) is 2.62. The topological polar surface area (TPSA) is 117 Å². The Morgan fingerprint density at radius 2 is 2.23 bits per heavy atom. The molecule has 8 nitrogen and oxygen atoms in total. The van der Waals surface area contributed by atoms with Crippen LogP contribution in [0.25, 0.3) is 10.9 Å². The van der Waals surface area contributed by atoms with Crippen LogP contribution in [-0.4, -0.2) is 42.4 Å². The second-order valence-corrected chi connectivity index (χ2v) is 5.10. The molecule has 3 rings (SSSR count). The molecule has 1 aliphatic heterocycles. The first kappa shape index (κ1) is 14.2. The first-order valence-electron chi connectivity index (χ1n) is 6.89. The molecule has 4 N–H and O–H groups in total. The van der Waals surface area contributed by atoms with Gasteiger partial charge in [-0.2, -0.15) is 9.97 Å². The molecular weight excluding hydrogens is 286 g/mol. The van der Waals surface area contributed by atoms with E-state index >= 15 is 0 Å². The number of primary amides is 1. The van der Waals surface area contributed by atoms with Crippen LogP contribution in [0.4, 0.5) is 16.3 Å². The normalized spacial score (nSPS) is 17.7. The zero-order valence-corrected chi connectivity index (χ0v) is 12.2. The maximum Gasteiger partial charge on any atom is 0.404 e.